The Kier molecular flexibility index (Phi) is 4.93. The predicted molar refractivity (Wildman–Crippen MR) is 93.0 cm³/mol. The van der Waals surface area contributed by atoms with Crippen LogP contribution >= 0.6 is 0 Å². The van der Waals surface area contributed by atoms with Gasteiger partial charge in [0.2, 0.25) is 5.76 Å². The molecule has 9 heteroatoms. The Bertz CT molecular complexity index is 991. The summed E-state index contributed by atoms with van der Waals surface area (Å²) in [4.78, 5) is 32.3. The Balaban J connectivity index is 1.64. The van der Waals surface area contributed by atoms with Crippen molar-refractivity contribution in [2.24, 2.45) is 0 Å². The highest BCUT2D eigenvalue weighted by Gasteiger charge is 2.15. The fourth-order valence-electron chi connectivity index (χ4n) is 2.28. The maximum atomic E-state index is 12.1. The number of furan rings is 1. The average Bonchev–Trinajstić information content (AvgIpc) is 3.17. The van der Waals surface area contributed by atoms with Gasteiger partial charge in [-0.15, -0.1) is 0 Å². The normalized spacial score (nSPS) is 10.4. The summed E-state index contributed by atoms with van der Waals surface area (Å²) in [5, 5.41) is 21.3. The number of non-ortho nitro benzene ring substituents is 2. The highest BCUT2D eigenvalue weighted by Crippen LogP contribution is 2.25. The molecule has 0 aliphatic rings. The van der Waals surface area contributed by atoms with Crippen LogP contribution in [-0.4, -0.2) is 15.8 Å². The first kappa shape index (κ1) is 17.8. The predicted octanol–water partition coefficient (Wildman–Crippen LogP) is 4.12. The Hall–Kier alpha value is -4.01. The van der Waals surface area contributed by atoms with Gasteiger partial charge in [-0.1, -0.05) is 0 Å². The first-order chi connectivity index (χ1) is 12.9. The third-order valence-electron chi connectivity index (χ3n) is 3.69. The van der Waals surface area contributed by atoms with Crippen molar-refractivity contribution in [3.8, 4) is 11.3 Å². The van der Waals surface area contributed by atoms with Crippen molar-refractivity contribution in [2.75, 3.05) is 0 Å². The molecule has 9 nitrogen and oxygen atoms in total. The third-order valence-corrected chi connectivity index (χ3v) is 3.69. The summed E-state index contributed by atoms with van der Waals surface area (Å²) in [6.07, 6.45) is 0. The lowest BCUT2D eigenvalue weighted by molar-refractivity contribution is -0.385. The van der Waals surface area contributed by atoms with Crippen LogP contribution in [0.1, 0.15) is 16.1 Å². The van der Waals surface area contributed by atoms with Crippen molar-refractivity contribution in [1.82, 2.24) is 0 Å². The van der Waals surface area contributed by atoms with Crippen LogP contribution in [-0.2, 0) is 11.3 Å². The summed E-state index contributed by atoms with van der Waals surface area (Å²) in [6, 6.07) is 14.3. The molecule has 0 fully saturated rings. The molecule has 0 unspecified atom stereocenters. The van der Waals surface area contributed by atoms with Crippen LogP contribution in [0.25, 0.3) is 11.3 Å². The van der Waals surface area contributed by atoms with Gasteiger partial charge in [0.25, 0.3) is 11.4 Å². The van der Waals surface area contributed by atoms with Crippen molar-refractivity contribution in [1.29, 1.82) is 0 Å². The SMILES string of the molecule is O=C(OCc1ccc([N+](=O)[O-])cc1)c1ccc(-c2ccc([N+](=O)[O-])cc2)o1. The lowest BCUT2D eigenvalue weighted by atomic mass is 10.1. The van der Waals surface area contributed by atoms with Crippen LogP contribution < -0.4 is 0 Å². The molecule has 136 valence electrons. The van der Waals surface area contributed by atoms with E-state index in [1.807, 2.05) is 0 Å². The van der Waals surface area contributed by atoms with E-state index in [9.17, 15) is 25.0 Å². The van der Waals surface area contributed by atoms with Crippen molar-refractivity contribution < 1.29 is 23.8 Å². The Labute approximate surface area is 152 Å². The van der Waals surface area contributed by atoms with Gasteiger partial charge in [-0.25, -0.2) is 4.79 Å². The molecule has 0 amide bonds. The molecule has 3 rings (SSSR count). The zero-order chi connectivity index (χ0) is 19.4. The standard InChI is InChI=1S/C18H12N2O7/c21-18(26-11-12-1-5-14(6-2-12)19(22)23)17-10-9-16(27-17)13-3-7-15(8-4-13)20(24)25/h1-10H,11H2. The second-order valence-electron chi connectivity index (χ2n) is 5.47. The van der Waals surface area contributed by atoms with Gasteiger partial charge in [0.15, 0.2) is 0 Å². The molecular weight excluding hydrogens is 356 g/mol. The van der Waals surface area contributed by atoms with Crippen molar-refractivity contribution in [2.45, 2.75) is 6.61 Å². The lowest BCUT2D eigenvalue weighted by Crippen LogP contribution is -2.04. The van der Waals surface area contributed by atoms with Crippen LogP contribution in [0.3, 0.4) is 0 Å². The molecule has 1 aromatic heterocycles. The minimum absolute atomic E-state index is 0.0229. The van der Waals surface area contributed by atoms with E-state index in [4.69, 9.17) is 9.15 Å². The second kappa shape index (κ2) is 7.48. The molecule has 0 atom stereocenters. The number of rotatable bonds is 6. The third kappa shape index (κ3) is 4.15. The zero-order valence-electron chi connectivity index (χ0n) is 13.7. The van der Waals surface area contributed by atoms with Crippen LogP contribution in [0.4, 0.5) is 11.4 Å². The van der Waals surface area contributed by atoms with E-state index in [0.717, 1.165) is 0 Å². The van der Waals surface area contributed by atoms with Crippen LogP contribution in [0, 0.1) is 20.2 Å². The average molecular weight is 368 g/mol. The van der Waals surface area contributed by atoms with E-state index in [1.165, 1.54) is 54.6 Å². The van der Waals surface area contributed by atoms with Crippen LogP contribution in [0.2, 0.25) is 0 Å². The summed E-state index contributed by atoms with van der Waals surface area (Å²) >= 11 is 0. The van der Waals surface area contributed by atoms with E-state index in [1.54, 1.807) is 6.07 Å². The maximum absolute atomic E-state index is 12.1. The lowest BCUT2D eigenvalue weighted by Gasteiger charge is -2.03. The summed E-state index contributed by atoms with van der Waals surface area (Å²) in [6.45, 7) is -0.0651. The van der Waals surface area contributed by atoms with Gasteiger partial charge < -0.3 is 9.15 Å². The Morgan fingerprint density at radius 1 is 0.852 bits per heavy atom. The largest absolute Gasteiger partial charge is 0.455 e. The minimum Gasteiger partial charge on any atom is -0.455 e. The molecule has 1 heterocycles. The molecule has 3 aromatic rings. The second-order valence-corrected chi connectivity index (χ2v) is 5.47. The molecular formula is C18H12N2O7. The molecule has 0 saturated carbocycles. The Morgan fingerprint density at radius 3 is 1.96 bits per heavy atom. The number of nitro benzene ring substituents is 2. The first-order valence-electron chi connectivity index (χ1n) is 7.69. The minimum atomic E-state index is -0.693. The van der Waals surface area contributed by atoms with Crippen molar-refractivity contribution in [3.63, 3.8) is 0 Å². The van der Waals surface area contributed by atoms with Gasteiger partial charge in [-0.3, -0.25) is 20.2 Å². The van der Waals surface area contributed by atoms with Gasteiger partial charge in [0.05, 0.1) is 9.85 Å². The summed E-state index contributed by atoms with van der Waals surface area (Å²) in [7, 11) is 0. The monoisotopic (exact) mass is 368 g/mol. The Morgan fingerprint density at radius 2 is 1.41 bits per heavy atom. The summed E-state index contributed by atoms with van der Waals surface area (Å²) < 4.78 is 10.6. The smallest absolute Gasteiger partial charge is 0.374 e. The molecule has 0 saturated heterocycles. The van der Waals surface area contributed by atoms with Crippen molar-refractivity contribution >= 4 is 17.3 Å². The molecule has 0 N–H and O–H groups in total. The molecule has 0 bridgehead atoms. The topological polar surface area (TPSA) is 126 Å². The fourth-order valence-corrected chi connectivity index (χ4v) is 2.28. The van der Waals surface area contributed by atoms with E-state index in [2.05, 4.69) is 0 Å². The number of esters is 1. The number of benzene rings is 2. The quantitative estimate of drug-likeness (QED) is 0.364. The first-order valence-corrected chi connectivity index (χ1v) is 7.69. The fraction of sp³-hybridized carbons (Fsp3) is 0.0556. The van der Waals surface area contributed by atoms with Gasteiger partial charge in [0.1, 0.15) is 12.4 Å². The van der Waals surface area contributed by atoms with Gasteiger partial charge in [-0.2, -0.15) is 0 Å². The molecule has 27 heavy (non-hydrogen) atoms. The number of hydrogen-bond acceptors (Lipinski definition) is 7. The summed E-state index contributed by atoms with van der Waals surface area (Å²) in [5.74, 6) is -0.348. The van der Waals surface area contributed by atoms with E-state index in [0.29, 0.717) is 16.9 Å². The number of hydrogen-bond donors (Lipinski definition) is 0. The van der Waals surface area contributed by atoms with Gasteiger partial charge >= 0.3 is 5.97 Å². The molecule has 0 aliphatic carbocycles. The molecule has 0 aliphatic heterocycles. The van der Waals surface area contributed by atoms with Crippen molar-refractivity contribution in [3.05, 3.63) is 92.2 Å². The highest BCUT2D eigenvalue weighted by molar-refractivity contribution is 5.87. The molecule has 0 radical (unpaired) electrons. The number of carbonyl (C=O) groups excluding carboxylic acids is 1. The van der Waals surface area contributed by atoms with Gasteiger partial charge in [0, 0.05) is 29.8 Å². The molecule has 2 aromatic carbocycles. The molecule has 0 spiro atoms. The summed E-state index contributed by atoms with van der Waals surface area (Å²) in [5.41, 5.74) is 1.07. The number of ether oxygens (including phenoxy) is 1. The number of nitro groups is 2. The zero-order valence-corrected chi connectivity index (χ0v) is 13.7. The maximum Gasteiger partial charge on any atom is 0.374 e. The number of nitrogens with zero attached hydrogens (tertiary/aromatic N) is 2. The van der Waals surface area contributed by atoms with E-state index < -0.39 is 15.8 Å². The number of carbonyl (C=O) groups is 1. The van der Waals surface area contributed by atoms with Crippen LogP contribution in [0.5, 0.6) is 0 Å². The highest BCUT2D eigenvalue weighted by atomic mass is 16.6. The van der Waals surface area contributed by atoms with Gasteiger partial charge in [-0.05, 0) is 42.0 Å². The van der Waals surface area contributed by atoms with Crippen LogP contribution in [0.15, 0.2) is 65.1 Å². The van der Waals surface area contributed by atoms with E-state index >= 15 is 0 Å². The van der Waals surface area contributed by atoms with E-state index in [-0.39, 0.29) is 23.7 Å².